The number of halogens is 9. The largest absolute Gasteiger partial charge is 1.00 e. The number of benzene rings is 11. The number of aryl methyl sites for hydroxylation is 11. The zero-order valence-corrected chi connectivity index (χ0v) is 96.1. The second-order valence-corrected chi connectivity index (χ2v) is 41.7. The molecule has 0 saturated heterocycles. The Morgan fingerprint density at radius 3 is 1.05 bits per heavy atom. The smallest absolute Gasteiger partial charge is 0.481 e. The molecule has 3 aliphatic carbocycles. The summed E-state index contributed by atoms with van der Waals surface area (Å²) >= 11 is 24.7. The van der Waals surface area contributed by atoms with E-state index in [4.69, 9.17) is 25.7 Å². The summed E-state index contributed by atoms with van der Waals surface area (Å²) in [5.74, 6) is -3.08. The Labute approximate surface area is 959 Å². The van der Waals surface area contributed by atoms with Crippen molar-refractivity contribution in [2.75, 3.05) is 21.7 Å². The average molecular weight is 2540 g/mol. The number of H-pyrrole nitrogens is 5. The third-order valence-corrected chi connectivity index (χ3v) is 30.3. The molecule has 11 N–H and O–H groups in total. The molecule has 788 valence electrons. The van der Waals surface area contributed by atoms with Crippen LogP contribution in [0.15, 0.2) is 221 Å². The minimum Gasteiger partial charge on any atom is -0.481 e. The molecule has 0 unspecified atom stereocenters. The number of para-hydroxylation sites is 1. The van der Waals surface area contributed by atoms with Crippen LogP contribution in [0.2, 0.25) is 0 Å². The molecule has 3 saturated carbocycles. The van der Waals surface area contributed by atoms with E-state index in [1.807, 2.05) is 174 Å². The van der Waals surface area contributed by atoms with Gasteiger partial charge in [-0.25, -0.2) is 28.1 Å². The maximum absolute atomic E-state index is 13.0. The summed E-state index contributed by atoms with van der Waals surface area (Å²) in [4.78, 5) is 85.3. The predicted octanol–water partition coefficient (Wildman–Crippen LogP) is 28.5. The first-order chi connectivity index (χ1) is 68.4. The van der Waals surface area contributed by atoms with Gasteiger partial charge in [0.25, 0.3) is 17.3 Å². The molecule has 8 aromatic heterocycles. The monoisotopic (exact) mass is 2530 g/mol. The molecule has 8 heterocycles. The minimum atomic E-state index is -1.00. The number of nitrogens with two attached hydrogens (primary N) is 1. The molecule has 3 fully saturated rings. The fraction of sp³-hybridized carbons (Fsp3) is 0.257. The molecule has 0 radical (unpaired) electrons. The number of nitro groups is 2. The standard InChI is InChI=1S/C19H15FN4OS.2C12H11FN2OS.4C8H7BrN2.C8H8BrNO2.C8H10BrN.C8H9NO2.C2H4O2.4CH4.Fe.HNO2.Na/c1-9-12(4-2-11-8-21-24-17(9)11)10-3-5-15-16(6-10)26-19(22-15)23-18(25)13-7-14(13)20;2*1-6-2-3-9-10(4-6)17-12(14-9)15-11(16)7-5-8(7)13;2*1-5-7(9)3-2-6-4-10-11-8(5)6;2*1-5-2-3-7(9)6-4-10-11-8(5)6;1-5-3-4-7(9)6(2)8(5)10(11)12;1-5-3-4-7(9)6(2)8(5)10;1-6-4-3-5-7(2)8(6)9(10)11;1-2(3)4;;;;;;2-1-3;/h2-6,8,13-14H,7H2,1H3,(H,21,24)(H,22,23,25);2*2-4,7-8H,5H2,1H3,(H,14,15,16);4*2-4H,1H3,(H,10,11);3-4H,1-2H3;3-4H,10H2,1-2H3;3-5H,1-2H3;1H3,(H,3,4);4*1H4;;(H,2,3);/q;;;;;;;;;;;;;;;;;+1/p-1/t13-,14+;2*7-,8+;;;;;;;;;;;;;;;/m111.............../s1. The van der Waals surface area contributed by atoms with E-state index in [1.165, 1.54) is 56.3 Å². The predicted molar refractivity (Wildman–Crippen MR) is 617 cm³/mol. The summed E-state index contributed by atoms with van der Waals surface area (Å²) in [5, 5.41) is 87.6. The van der Waals surface area contributed by atoms with E-state index in [0.29, 0.717) is 45.8 Å². The molecule has 11 aromatic carbocycles. The van der Waals surface area contributed by atoms with Gasteiger partial charge in [0.05, 0.1) is 117 Å². The molecule has 0 spiro atoms. The molecule has 31 nitrogen and oxygen atoms in total. The number of carbonyl (C=O) groups excluding carboxylic acids is 3. The van der Waals surface area contributed by atoms with Gasteiger partial charge in [-0.15, -0.1) is 5.34 Å². The molecule has 22 rings (SSSR count). The van der Waals surface area contributed by atoms with E-state index >= 15 is 0 Å². The number of carboxylic acid groups (broad SMARTS) is 1. The number of carbonyl (C=O) groups is 4. The number of nitrogens with one attached hydrogen (secondary N) is 8. The summed E-state index contributed by atoms with van der Waals surface area (Å²) in [6, 6.07) is 51.2. The number of anilines is 4. The Bertz CT molecular complexity index is 7540. The van der Waals surface area contributed by atoms with Gasteiger partial charge in [-0.3, -0.25) is 64.9 Å². The van der Waals surface area contributed by atoms with Crippen molar-refractivity contribution in [3.05, 3.63) is 318 Å². The Morgan fingerprint density at radius 1 is 0.413 bits per heavy atom. The van der Waals surface area contributed by atoms with Crippen molar-refractivity contribution in [3.8, 4) is 11.1 Å². The Kier molecular flexibility index (Phi) is 51.2. The van der Waals surface area contributed by atoms with E-state index in [0.717, 1.165) is 180 Å². The number of hydrogen-bond acceptors (Lipinski definition) is 23. The van der Waals surface area contributed by atoms with E-state index in [1.54, 1.807) is 45.9 Å². The second-order valence-electron chi connectivity index (χ2n) is 33.4. The van der Waals surface area contributed by atoms with Gasteiger partial charge >= 0.3 is 29.6 Å². The van der Waals surface area contributed by atoms with Gasteiger partial charge in [-0.1, -0.05) is 244 Å². The van der Waals surface area contributed by atoms with E-state index in [-0.39, 0.29) is 115 Å². The number of hydrogen-bond donors (Lipinski definition) is 10. The number of rotatable bonds is 9. The molecule has 19 aromatic rings. The first-order valence-electron chi connectivity index (χ1n) is 44.0. The molecule has 3 amide bonds. The summed E-state index contributed by atoms with van der Waals surface area (Å²) in [6.07, 6.45) is 7.19. The average Bonchev–Trinajstić information content (AvgIpc) is 1.63. The molecule has 6 atom stereocenters. The number of thiazole rings is 3. The Hall–Kier alpha value is -11.5. The number of fused-ring (bicyclic) bond motifs is 8. The van der Waals surface area contributed by atoms with Gasteiger partial charge in [0.1, 0.15) is 18.5 Å². The molecule has 150 heavy (non-hydrogen) atoms. The fourth-order valence-corrected chi connectivity index (χ4v) is 19.3. The summed E-state index contributed by atoms with van der Waals surface area (Å²) in [7, 11) is 0. The molecular weight excluding hydrogens is 2430 g/mol. The van der Waals surface area contributed by atoms with Crippen molar-refractivity contribution in [1.82, 2.24) is 65.9 Å². The maximum atomic E-state index is 13.0. The van der Waals surface area contributed by atoms with Gasteiger partial charge in [0.15, 0.2) is 15.4 Å². The van der Waals surface area contributed by atoms with Crippen LogP contribution < -0.4 is 51.2 Å². The molecule has 45 heteroatoms. The Balaban J connectivity index is 0.000000294. The third-order valence-electron chi connectivity index (χ3n) is 22.7. The van der Waals surface area contributed by atoms with Crippen molar-refractivity contribution in [2.45, 2.75) is 164 Å². The molecule has 0 bridgehead atoms. The van der Waals surface area contributed by atoms with Crippen LogP contribution in [-0.2, 0) is 36.2 Å². The first kappa shape index (κ1) is 129. The number of nitro benzene ring substituents is 2. The quantitative estimate of drug-likeness (QED) is 0.0211. The van der Waals surface area contributed by atoms with Crippen LogP contribution in [0.25, 0.3) is 96.3 Å². The van der Waals surface area contributed by atoms with E-state index in [9.17, 15) is 47.8 Å². The topological polar surface area (TPSA) is 471 Å². The number of aliphatic carboxylic acids is 1. The number of aromatic amines is 5. The number of amides is 3. The summed E-state index contributed by atoms with van der Waals surface area (Å²) in [6.45, 7) is 26.4. The molecule has 3 aliphatic rings. The number of alkyl halides is 3. The molecule has 0 aliphatic heterocycles. The number of carboxylic acids is 1. The third kappa shape index (κ3) is 34.8. The van der Waals surface area contributed by atoms with Crippen LogP contribution in [-0.4, -0.2) is 123 Å². The van der Waals surface area contributed by atoms with Crippen LogP contribution in [0.1, 0.15) is 128 Å². The number of aromatic nitrogens is 13. The minimum absolute atomic E-state index is 0. The molecular formula is C105H112Br6F3FeN20NaO11S3. The Morgan fingerprint density at radius 2 is 0.707 bits per heavy atom. The van der Waals surface area contributed by atoms with Crippen molar-refractivity contribution < 1.29 is 93.9 Å². The van der Waals surface area contributed by atoms with Gasteiger partial charge in [0.2, 0.25) is 17.7 Å². The van der Waals surface area contributed by atoms with Crippen molar-refractivity contribution in [1.29, 1.82) is 0 Å². The number of nitrogens with zero attached hydrogens (tertiary/aromatic N) is 11. The zero-order chi connectivity index (χ0) is 105. The maximum Gasteiger partial charge on any atom is 1.00 e. The normalized spacial score (nSPS) is 14.0. The van der Waals surface area contributed by atoms with Gasteiger partial charge in [-0.05, 0) is 243 Å². The van der Waals surface area contributed by atoms with Crippen LogP contribution >= 0.6 is 130 Å². The van der Waals surface area contributed by atoms with Gasteiger partial charge in [-0.2, -0.15) is 25.5 Å². The van der Waals surface area contributed by atoms with Crippen molar-refractivity contribution >= 4 is 271 Å². The first-order valence-corrected chi connectivity index (χ1v) is 51.2. The van der Waals surface area contributed by atoms with Crippen molar-refractivity contribution in [3.63, 3.8) is 0 Å². The van der Waals surface area contributed by atoms with Gasteiger partial charge < -0.3 is 36.9 Å². The SMILES string of the molecule is C.C.C.C.CC(=O)O.Cc1c(-c2ccc3nc(NC(=O)[C@@H]4C[C@@H]4F)sc3c2)ccc2cn[nH]c12.Cc1c(Br)ccc2cn[nH]c12.Cc1c(Br)ccc2cn[nH]c12.Cc1ccc(Br)c(C)c1N.Cc1ccc(Br)c(C)c1[N+](=O)[O-].Cc1ccc(Br)c2cn[nH]c12.Cc1ccc(Br)c2cn[nH]c12.Cc1ccc2nc(NC(=O)[C@@H]3C[C@@H]3F)sc2c1.Cc1ccc2nc(NC(=O)[C@@H]3C[C@@H]3F)sc2c1.Cc1cccc(C)c1[N+](=O)[O-].O=N[O-].[Fe].[Na+]. The van der Waals surface area contributed by atoms with Crippen LogP contribution in [0.3, 0.4) is 0 Å². The van der Waals surface area contributed by atoms with Crippen LogP contribution in [0.5, 0.6) is 0 Å². The van der Waals surface area contributed by atoms with Crippen molar-refractivity contribution in [2.24, 2.45) is 23.1 Å². The number of nitrogen functional groups attached to an aromatic ring is 1. The van der Waals surface area contributed by atoms with Crippen LogP contribution in [0.4, 0.5) is 45.6 Å². The summed E-state index contributed by atoms with van der Waals surface area (Å²) in [5.41, 5.74) is 30.7. The van der Waals surface area contributed by atoms with E-state index < -0.39 is 42.2 Å². The van der Waals surface area contributed by atoms with Gasteiger partial charge in [0, 0.05) is 106 Å². The zero-order valence-electron chi connectivity index (χ0n) is 81.0. The fourth-order valence-electron chi connectivity index (χ4n) is 14.2. The van der Waals surface area contributed by atoms with Crippen LogP contribution in [0, 0.1) is 138 Å². The summed E-state index contributed by atoms with van der Waals surface area (Å²) < 4.78 is 47.8. The second kappa shape index (κ2) is 59.5. The van der Waals surface area contributed by atoms with E-state index in [2.05, 4.69) is 236 Å².